The molecule has 0 radical (unpaired) electrons. The highest BCUT2D eigenvalue weighted by Gasteiger charge is 2.51. The predicted octanol–water partition coefficient (Wildman–Crippen LogP) is 5.29. The lowest BCUT2D eigenvalue weighted by Gasteiger charge is -2.27. The van der Waals surface area contributed by atoms with Gasteiger partial charge in [-0.05, 0) is 62.6 Å². The summed E-state index contributed by atoms with van der Waals surface area (Å²) < 4.78 is 7.89. The molecule has 168 valence electrons. The number of hydrogen-bond donors (Lipinski definition) is 1. The first-order valence-corrected chi connectivity index (χ1v) is 11.7. The van der Waals surface area contributed by atoms with Gasteiger partial charge in [0.1, 0.15) is 5.69 Å². The topological polar surface area (TPSA) is 94.0 Å². The van der Waals surface area contributed by atoms with Crippen LogP contribution in [0.2, 0.25) is 0 Å². The molecule has 0 amide bonds. The number of carboxylic acids is 1. The van der Waals surface area contributed by atoms with Gasteiger partial charge in [0.15, 0.2) is 5.82 Å². The van der Waals surface area contributed by atoms with Crippen molar-refractivity contribution in [3.8, 4) is 11.6 Å². The maximum atomic E-state index is 11.4. The van der Waals surface area contributed by atoms with Crippen molar-refractivity contribution < 1.29 is 14.4 Å². The van der Waals surface area contributed by atoms with Crippen LogP contribution in [0.4, 0.5) is 0 Å². The van der Waals surface area contributed by atoms with Gasteiger partial charge in [-0.2, -0.15) is 10.1 Å². The molecule has 0 aliphatic heterocycles. The van der Waals surface area contributed by atoms with Crippen molar-refractivity contribution in [2.75, 3.05) is 0 Å². The predicted molar refractivity (Wildman–Crippen MR) is 123 cm³/mol. The number of benzene rings is 2. The van der Waals surface area contributed by atoms with E-state index in [9.17, 15) is 9.90 Å². The molecular weight excluding hydrogens is 416 g/mol. The van der Waals surface area contributed by atoms with E-state index < -0.39 is 5.97 Å². The number of aliphatic carboxylic acids is 1. The first kappa shape index (κ1) is 20.1. The average Bonchev–Trinajstić information content (AvgIpc) is 3.32. The number of aromatic nitrogens is 4. The summed E-state index contributed by atoms with van der Waals surface area (Å²) in [6, 6.07) is 16.5. The van der Waals surface area contributed by atoms with E-state index in [1.165, 1.54) is 11.1 Å². The van der Waals surface area contributed by atoms with Gasteiger partial charge in [-0.3, -0.25) is 9.48 Å². The molecule has 0 saturated heterocycles. The van der Waals surface area contributed by atoms with Gasteiger partial charge in [0.05, 0.1) is 22.9 Å². The summed E-state index contributed by atoms with van der Waals surface area (Å²) in [4.78, 5) is 16.3. The van der Waals surface area contributed by atoms with Crippen LogP contribution >= 0.6 is 0 Å². The van der Waals surface area contributed by atoms with Crippen LogP contribution in [-0.2, 0) is 10.2 Å². The summed E-state index contributed by atoms with van der Waals surface area (Å²) in [6.07, 6.45) is 4.87. The number of aryl methyl sites for hydroxylation is 1. The molecule has 6 rings (SSSR count). The second kappa shape index (κ2) is 7.54. The maximum Gasteiger partial charge on any atom is 0.306 e. The highest BCUT2D eigenvalue weighted by Crippen LogP contribution is 2.53. The zero-order valence-corrected chi connectivity index (χ0v) is 18.6. The Kier molecular flexibility index (Phi) is 4.60. The van der Waals surface area contributed by atoms with Crippen LogP contribution in [0.1, 0.15) is 61.5 Å². The quantitative estimate of drug-likeness (QED) is 0.451. The van der Waals surface area contributed by atoms with Crippen LogP contribution in [0.3, 0.4) is 0 Å². The molecule has 0 bridgehead atoms. The Balaban J connectivity index is 1.41. The van der Waals surface area contributed by atoms with Gasteiger partial charge in [-0.25, -0.2) is 0 Å². The smallest absolute Gasteiger partial charge is 0.306 e. The number of nitrogens with zero attached hydrogens (tertiary/aromatic N) is 4. The molecule has 0 unspecified atom stereocenters. The van der Waals surface area contributed by atoms with E-state index in [0.717, 1.165) is 48.1 Å². The van der Waals surface area contributed by atoms with Gasteiger partial charge in [0.25, 0.3) is 5.89 Å². The van der Waals surface area contributed by atoms with E-state index in [4.69, 9.17) is 14.6 Å². The Morgan fingerprint density at radius 2 is 1.79 bits per heavy atom. The molecule has 7 heteroatoms. The Labute approximate surface area is 191 Å². The lowest BCUT2D eigenvalue weighted by Crippen LogP contribution is -2.24. The first-order chi connectivity index (χ1) is 16.1. The number of rotatable bonds is 5. The van der Waals surface area contributed by atoms with Crippen molar-refractivity contribution in [1.29, 1.82) is 0 Å². The second-order valence-electron chi connectivity index (χ2n) is 9.47. The number of carbonyl (C=O) groups is 1. The van der Waals surface area contributed by atoms with Crippen LogP contribution in [-0.4, -0.2) is 31.0 Å². The molecule has 2 aromatic heterocycles. The molecule has 2 fully saturated rings. The zero-order chi connectivity index (χ0) is 22.6. The summed E-state index contributed by atoms with van der Waals surface area (Å²) in [5.41, 5.74) is 4.05. The number of carboxylic acid groups (broad SMARTS) is 1. The van der Waals surface area contributed by atoms with Gasteiger partial charge in [0, 0.05) is 5.39 Å². The molecule has 2 heterocycles. The third-order valence-corrected chi connectivity index (χ3v) is 7.46. The first-order valence-electron chi connectivity index (χ1n) is 11.7. The molecule has 2 aliphatic rings. The van der Waals surface area contributed by atoms with Crippen molar-refractivity contribution in [2.45, 2.75) is 56.9 Å². The Hall–Kier alpha value is -3.48. The minimum atomic E-state index is -0.702. The van der Waals surface area contributed by atoms with E-state index >= 15 is 0 Å². The fraction of sp³-hybridized carbons (Fsp3) is 0.385. The fourth-order valence-corrected chi connectivity index (χ4v) is 5.46. The standard InChI is InChI=1S/C26H26N4O3/c1-16-6-2-4-8-20(16)26(14-15-26)25-27-23(33-29-25)22-19-7-3-5-9-21(19)28-30(22)18-12-10-17(11-13-18)24(31)32/h2-9,17-18H,10-15H2,1H3,(H,31,32). The summed E-state index contributed by atoms with van der Waals surface area (Å²) in [5, 5.41) is 19.7. The molecule has 7 nitrogen and oxygen atoms in total. The second-order valence-corrected chi connectivity index (χ2v) is 9.47. The Morgan fingerprint density at radius 1 is 1.06 bits per heavy atom. The van der Waals surface area contributed by atoms with Crippen LogP contribution in [0, 0.1) is 12.8 Å². The summed E-state index contributed by atoms with van der Waals surface area (Å²) in [5.74, 6) is 0.248. The van der Waals surface area contributed by atoms with Gasteiger partial charge in [0.2, 0.25) is 0 Å². The molecular formula is C26H26N4O3. The minimum Gasteiger partial charge on any atom is -0.481 e. The largest absolute Gasteiger partial charge is 0.481 e. The van der Waals surface area contributed by atoms with E-state index in [2.05, 4.69) is 36.3 Å². The summed E-state index contributed by atoms with van der Waals surface area (Å²) >= 11 is 0. The van der Waals surface area contributed by atoms with Crippen molar-refractivity contribution >= 4 is 16.9 Å². The summed E-state index contributed by atoms with van der Waals surface area (Å²) in [7, 11) is 0. The van der Waals surface area contributed by atoms with Gasteiger partial charge in [-0.15, -0.1) is 0 Å². The van der Waals surface area contributed by atoms with Crippen LogP contribution in [0.15, 0.2) is 53.1 Å². The minimum absolute atomic E-state index is 0.115. The number of hydrogen-bond acceptors (Lipinski definition) is 5. The van der Waals surface area contributed by atoms with Gasteiger partial charge >= 0.3 is 5.97 Å². The molecule has 2 saturated carbocycles. The van der Waals surface area contributed by atoms with E-state index in [-0.39, 0.29) is 17.4 Å². The lowest BCUT2D eigenvalue weighted by molar-refractivity contribution is -0.143. The SMILES string of the molecule is Cc1ccccc1C1(c2noc(-c3c4ccccc4nn3C3CCC(C(=O)O)CC3)n2)CC1. The Morgan fingerprint density at radius 3 is 2.52 bits per heavy atom. The third kappa shape index (κ3) is 3.25. The Bertz CT molecular complexity index is 1340. The van der Waals surface area contributed by atoms with Crippen LogP contribution in [0.5, 0.6) is 0 Å². The van der Waals surface area contributed by atoms with E-state index in [1.807, 2.05) is 28.9 Å². The molecule has 2 aromatic carbocycles. The number of fused-ring (bicyclic) bond motifs is 1. The molecule has 0 atom stereocenters. The zero-order valence-electron chi connectivity index (χ0n) is 18.6. The lowest BCUT2D eigenvalue weighted by atomic mass is 9.86. The molecule has 4 aromatic rings. The van der Waals surface area contributed by atoms with E-state index in [0.29, 0.717) is 18.7 Å². The maximum absolute atomic E-state index is 11.4. The molecule has 2 aliphatic carbocycles. The molecule has 0 spiro atoms. The summed E-state index contributed by atoms with van der Waals surface area (Å²) in [6.45, 7) is 2.13. The van der Waals surface area contributed by atoms with Crippen molar-refractivity contribution in [2.24, 2.45) is 5.92 Å². The average molecular weight is 443 g/mol. The third-order valence-electron chi connectivity index (χ3n) is 7.46. The van der Waals surface area contributed by atoms with Crippen molar-refractivity contribution in [1.82, 2.24) is 19.9 Å². The van der Waals surface area contributed by atoms with Crippen LogP contribution < -0.4 is 0 Å². The fourth-order valence-electron chi connectivity index (χ4n) is 5.46. The van der Waals surface area contributed by atoms with Crippen molar-refractivity contribution in [3.05, 3.63) is 65.5 Å². The molecule has 33 heavy (non-hydrogen) atoms. The highest BCUT2D eigenvalue weighted by atomic mass is 16.5. The van der Waals surface area contributed by atoms with E-state index in [1.54, 1.807) is 0 Å². The van der Waals surface area contributed by atoms with Crippen molar-refractivity contribution in [3.63, 3.8) is 0 Å². The molecule has 1 N–H and O–H groups in total. The van der Waals surface area contributed by atoms with Gasteiger partial charge in [-0.1, -0.05) is 47.6 Å². The van der Waals surface area contributed by atoms with Crippen LogP contribution in [0.25, 0.3) is 22.5 Å². The highest BCUT2D eigenvalue weighted by molar-refractivity contribution is 5.91. The van der Waals surface area contributed by atoms with Gasteiger partial charge < -0.3 is 9.63 Å². The monoisotopic (exact) mass is 442 g/mol. The normalized spacial score (nSPS) is 21.8.